The molecule has 4 amide bonds. The van der Waals surface area contributed by atoms with E-state index in [9.17, 15) is 14.4 Å². The number of urea groups is 1. The van der Waals surface area contributed by atoms with Gasteiger partial charge in [-0.3, -0.25) is 19.5 Å². The molecule has 1 atom stereocenters. The molecule has 224 valence electrons. The highest BCUT2D eigenvalue weighted by Gasteiger charge is 2.31. The Morgan fingerprint density at radius 3 is 2.33 bits per heavy atom. The third-order valence-corrected chi connectivity index (χ3v) is 7.92. The number of pyridine rings is 1. The van der Waals surface area contributed by atoms with Crippen LogP contribution in [0.15, 0.2) is 84.5 Å². The highest BCUT2D eigenvalue weighted by molar-refractivity contribution is 7.12. The minimum atomic E-state index is -0.990. The predicted molar refractivity (Wildman–Crippen MR) is 168 cm³/mol. The summed E-state index contributed by atoms with van der Waals surface area (Å²) in [6, 6.07) is 19.0. The highest BCUT2D eigenvalue weighted by Crippen LogP contribution is 2.18. The Labute approximate surface area is 256 Å². The second-order valence-electron chi connectivity index (χ2n) is 10.0. The first-order chi connectivity index (χ1) is 20.9. The monoisotopic (exact) mass is 599 g/mol. The van der Waals surface area contributed by atoms with Crippen molar-refractivity contribution in [1.29, 1.82) is 0 Å². The number of amides is 4. The standard InChI is InChI=1S/C33H37N5O4S/c1-3-42-28-12-10-24(11-13-28)19-29(37-31(39)30-23(2)15-18-43-30)32(40)38(17-14-26-5-4-16-35-21-26)33(41)36-22-27-8-6-25(20-34)7-9-27/h4-13,15-16,18,21,29H,3,14,17,19-20,22,34H2,1-2H3,(H,36,41)(H,37,39)/t29-/m1/s1. The Balaban J connectivity index is 1.58. The Morgan fingerprint density at radius 1 is 0.977 bits per heavy atom. The molecule has 2 heterocycles. The van der Waals surface area contributed by atoms with Gasteiger partial charge in [-0.1, -0.05) is 42.5 Å². The summed E-state index contributed by atoms with van der Waals surface area (Å²) in [6.07, 6.45) is 3.98. The highest BCUT2D eigenvalue weighted by atomic mass is 32.1. The molecular weight excluding hydrogens is 562 g/mol. The van der Waals surface area contributed by atoms with Crippen LogP contribution in [0.25, 0.3) is 0 Å². The largest absolute Gasteiger partial charge is 0.494 e. The van der Waals surface area contributed by atoms with Gasteiger partial charge in [-0.25, -0.2) is 4.79 Å². The summed E-state index contributed by atoms with van der Waals surface area (Å²) in [5.74, 6) is -0.148. The Hall–Kier alpha value is -4.54. The number of hydrogen-bond donors (Lipinski definition) is 3. The van der Waals surface area contributed by atoms with Gasteiger partial charge in [0.05, 0.1) is 11.5 Å². The van der Waals surface area contributed by atoms with E-state index in [0.29, 0.717) is 30.2 Å². The third-order valence-electron chi connectivity index (χ3n) is 6.91. The van der Waals surface area contributed by atoms with Gasteiger partial charge < -0.3 is 21.1 Å². The molecule has 0 saturated heterocycles. The number of benzene rings is 2. The smallest absolute Gasteiger partial charge is 0.324 e. The van der Waals surface area contributed by atoms with Crippen LogP contribution in [0.2, 0.25) is 0 Å². The van der Waals surface area contributed by atoms with Gasteiger partial charge in [-0.05, 0) is 77.7 Å². The van der Waals surface area contributed by atoms with Crippen LogP contribution in [0.5, 0.6) is 5.75 Å². The predicted octanol–water partition coefficient (Wildman–Crippen LogP) is 4.63. The van der Waals surface area contributed by atoms with Gasteiger partial charge in [0.1, 0.15) is 11.8 Å². The van der Waals surface area contributed by atoms with Crippen LogP contribution in [-0.2, 0) is 30.7 Å². The summed E-state index contributed by atoms with van der Waals surface area (Å²) in [4.78, 5) is 46.9. The fourth-order valence-electron chi connectivity index (χ4n) is 4.51. The number of carbonyl (C=O) groups excluding carboxylic acids is 3. The fourth-order valence-corrected chi connectivity index (χ4v) is 5.33. The summed E-state index contributed by atoms with van der Waals surface area (Å²) >= 11 is 1.31. The molecule has 9 nitrogen and oxygen atoms in total. The molecule has 0 radical (unpaired) electrons. The number of carbonyl (C=O) groups is 3. The summed E-state index contributed by atoms with van der Waals surface area (Å²) in [5, 5.41) is 7.62. The SMILES string of the molecule is CCOc1ccc(C[C@@H](NC(=O)c2sccc2C)C(=O)N(CCc2cccnc2)C(=O)NCc2ccc(CN)cc2)cc1. The van der Waals surface area contributed by atoms with Crippen LogP contribution >= 0.6 is 11.3 Å². The molecule has 2 aromatic carbocycles. The number of nitrogens with two attached hydrogens (primary N) is 1. The van der Waals surface area contributed by atoms with Crippen LogP contribution in [-0.4, -0.2) is 46.9 Å². The van der Waals surface area contributed by atoms with Gasteiger partial charge in [0.15, 0.2) is 0 Å². The van der Waals surface area contributed by atoms with E-state index in [2.05, 4.69) is 15.6 Å². The Bertz CT molecular complexity index is 1490. The lowest BCUT2D eigenvalue weighted by Gasteiger charge is -2.27. The topological polar surface area (TPSA) is 127 Å². The molecule has 0 aliphatic heterocycles. The van der Waals surface area contributed by atoms with E-state index in [1.165, 1.54) is 16.2 Å². The lowest BCUT2D eigenvalue weighted by molar-refractivity contribution is -0.130. The lowest BCUT2D eigenvalue weighted by Crippen LogP contribution is -2.54. The Kier molecular flexibility index (Phi) is 11.4. The van der Waals surface area contributed by atoms with Crippen LogP contribution in [0.3, 0.4) is 0 Å². The molecule has 0 spiro atoms. The van der Waals surface area contributed by atoms with E-state index >= 15 is 0 Å². The number of hydrogen-bond acceptors (Lipinski definition) is 7. The average Bonchev–Trinajstić information content (AvgIpc) is 3.47. The second kappa shape index (κ2) is 15.6. The maximum atomic E-state index is 14.2. The molecule has 2 aromatic heterocycles. The molecule has 0 saturated carbocycles. The van der Waals surface area contributed by atoms with Crippen molar-refractivity contribution in [2.45, 2.75) is 45.8 Å². The number of thiophene rings is 1. The average molecular weight is 600 g/mol. The van der Waals surface area contributed by atoms with Crippen LogP contribution in [0.1, 0.15) is 44.4 Å². The van der Waals surface area contributed by atoms with Crippen molar-refractivity contribution in [1.82, 2.24) is 20.5 Å². The Morgan fingerprint density at radius 2 is 1.70 bits per heavy atom. The van der Waals surface area contributed by atoms with Gasteiger partial charge >= 0.3 is 6.03 Å². The molecule has 43 heavy (non-hydrogen) atoms. The van der Waals surface area contributed by atoms with Crippen molar-refractivity contribution in [3.8, 4) is 5.75 Å². The first-order valence-electron chi connectivity index (χ1n) is 14.2. The van der Waals surface area contributed by atoms with Gasteiger partial charge in [-0.15, -0.1) is 11.3 Å². The van der Waals surface area contributed by atoms with Crippen molar-refractivity contribution >= 4 is 29.2 Å². The zero-order valence-electron chi connectivity index (χ0n) is 24.4. The van der Waals surface area contributed by atoms with Gasteiger partial charge in [0.2, 0.25) is 0 Å². The first kappa shape index (κ1) is 31.4. The van der Waals surface area contributed by atoms with Crippen LogP contribution < -0.4 is 21.1 Å². The summed E-state index contributed by atoms with van der Waals surface area (Å²) in [6.45, 7) is 5.05. The van der Waals surface area contributed by atoms with Crippen molar-refractivity contribution in [2.24, 2.45) is 5.73 Å². The molecule has 0 fully saturated rings. The zero-order chi connectivity index (χ0) is 30.6. The number of rotatable bonds is 13. The summed E-state index contributed by atoms with van der Waals surface area (Å²) < 4.78 is 5.55. The summed E-state index contributed by atoms with van der Waals surface area (Å²) in [5.41, 5.74) is 10.1. The second-order valence-corrected chi connectivity index (χ2v) is 10.9. The molecule has 4 aromatic rings. The molecule has 10 heteroatoms. The van der Waals surface area contributed by atoms with Gasteiger partial charge in [0, 0.05) is 38.4 Å². The number of ether oxygens (including phenoxy) is 1. The van der Waals surface area contributed by atoms with E-state index in [0.717, 1.165) is 27.8 Å². The number of nitrogens with one attached hydrogen (secondary N) is 2. The van der Waals surface area contributed by atoms with Gasteiger partial charge in [0.25, 0.3) is 11.8 Å². The van der Waals surface area contributed by atoms with Crippen molar-refractivity contribution in [3.63, 3.8) is 0 Å². The van der Waals surface area contributed by atoms with E-state index in [1.807, 2.05) is 86.0 Å². The third kappa shape index (κ3) is 8.97. The van der Waals surface area contributed by atoms with Crippen LogP contribution in [0, 0.1) is 6.92 Å². The number of aromatic nitrogens is 1. The van der Waals surface area contributed by atoms with E-state index in [1.54, 1.807) is 12.4 Å². The van der Waals surface area contributed by atoms with E-state index in [-0.39, 0.29) is 25.4 Å². The van der Waals surface area contributed by atoms with Crippen molar-refractivity contribution in [2.75, 3.05) is 13.2 Å². The molecule has 0 aliphatic rings. The molecule has 0 bridgehead atoms. The van der Waals surface area contributed by atoms with Crippen molar-refractivity contribution < 1.29 is 19.1 Å². The number of aryl methyl sites for hydroxylation is 1. The zero-order valence-corrected chi connectivity index (χ0v) is 25.2. The lowest BCUT2D eigenvalue weighted by atomic mass is 10.0. The molecule has 4 rings (SSSR count). The molecular formula is C33H37N5O4S. The first-order valence-corrected chi connectivity index (χ1v) is 15.1. The normalized spacial score (nSPS) is 11.4. The number of imide groups is 1. The molecule has 0 aliphatic carbocycles. The molecule has 0 unspecified atom stereocenters. The minimum Gasteiger partial charge on any atom is -0.494 e. The van der Waals surface area contributed by atoms with E-state index < -0.39 is 18.0 Å². The van der Waals surface area contributed by atoms with Crippen molar-refractivity contribution in [3.05, 3.63) is 117 Å². The van der Waals surface area contributed by atoms with Crippen LogP contribution in [0.4, 0.5) is 4.79 Å². The quantitative estimate of drug-likeness (QED) is 0.206. The summed E-state index contributed by atoms with van der Waals surface area (Å²) in [7, 11) is 0. The minimum absolute atomic E-state index is 0.107. The van der Waals surface area contributed by atoms with E-state index in [4.69, 9.17) is 10.5 Å². The maximum Gasteiger partial charge on any atom is 0.324 e. The van der Waals surface area contributed by atoms with Gasteiger partial charge in [-0.2, -0.15) is 0 Å². The maximum absolute atomic E-state index is 14.2. The molecule has 4 N–H and O–H groups in total. The number of nitrogens with zero attached hydrogens (tertiary/aromatic N) is 2. The fraction of sp³-hybridized carbons (Fsp3) is 0.273.